The third-order valence-corrected chi connectivity index (χ3v) is 4.86. The molecule has 2 aromatic heterocycles. The highest BCUT2D eigenvalue weighted by Crippen LogP contribution is 2.24. The lowest BCUT2D eigenvalue weighted by molar-refractivity contribution is 0.598. The number of rotatable bonds is 4. The summed E-state index contributed by atoms with van der Waals surface area (Å²) in [5, 5.41) is 8.99. The van der Waals surface area contributed by atoms with Crippen molar-refractivity contribution in [1.82, 2.24) is 9.97 Å². The second-order valence-corrected chi connectivity index (χ2v) is 7.08. The zero-order chi connectivity index (χ0) is 18.0. The zero-order valence-corrected chi connectivity index (χ0v) is 14.1. The van der Waals surface area contributed by atoms with Gasteiger partial charge in [-0.15, -0.1) is 0 Å². The number of anilines is 1. The molecule has 0 spiro atoms. The maximum Gasteiger partial charge on any atom is 0.263 e. The monoisotopic (exact) mass is 376 g/mol. The molecule has 0 fully saturated rings. The molecule has 0 unspecified atom stereocenters. The molecular weight excluding hydrogens is 367 g/mol. The van der Waals surface area contributed by atoms with Crippen LogP contribution in [0.15, 0.2) is 53.6 Å². The van der Waals surface area contributed by atoms with Crippen molar-refractivity contribution in [2.45, 2.75) is 4.90 Å². The van der Waals surface area contributed by atoms with Gasteiger partial charge < -0.3 is 4.98 Å². The van der Waals surface area contributed by atoms with Crippen molar-refractivity contribution in [3.63, 3.8) is 0 Å². The van der Waals surface area contributed by atoms with Crippen LogP contribution in [0.25, 0.3) is 11.4 Å². The highest BCUT2D eigenvalue weighted by molar-refractivity contribution is 7.92. The van der Waals surface area contributed by atoms with Gasteiger partial charge in [0.2, 0.25) is 0 Å². The summed E-state index contributed by atoms with van der Waals surface area (Å²) in [4.78, 5) is 6.79. The van der Waals surface area contributed by atoms with E-state index in [0.717, 1.165) is 6.07 Å². The molecule has 0 bridgehead atoms. The fraction of sp³-hybridized carbons (Fsp3) is 0. The number of nitrogens with one attached hydrogen (secondary N) is 2. The molecular formula is C16H10ClFN4O2S. The molecule has 0 aliphatic carbocycles. The predicted molar refractivity (Wildman–Crippen MR) is 91.0 cm³/mol. The van der Waals surface area contributed by atoms with E-state index in [4.69, 9.17) is 16.9 Å². The Morgan fingerprint density at radius 2 is 2.04 bits per heavy atom. The van der Waals surface area contributed by atoms with Gasteiger partial charge in [0.25, 0.3) is 10.0 Å². The molecule has 6 nitrogen and oxygen atoms in total. The second kappa shape index (κ2) is 6.55. The molecule has 1 aromatic carbocycles. The fourth-order valence-electron chi connectivity index (χ4n) is 2.11. The molecule has 9 heteroatoms. The van der Waals surface area contributed by atoms with Gasteiger partial charge in [0, 0.05) is 6.20 Å². The summed E-state index contributed by atoms with van der Waals surface area (Å²) < 4.78 is 40.9. The highest BCUT2D eigenvalue weighted by Gasteiger charge is 2.19. The average molecular weight is 377 g/mol. The molecule has 0 saturated heterocycles. The lowest BCUT2D eigenvalue weighted by Crippen LogP contribution is -2.13. The Bertz CT molecular complexity index is 1090. The zero-order valence-electron chi connectivity index (χ0n) is 12.5. The van der Waals surface area contributed by atoms with Crippen molar-refractivity contribution in [3.05, 3.63) is 65.2 Å². The van der Waals surface area contributed by atoms with Crippen LogP contribution in [0.1, 0.15) is 5.56 Å². The fourth-order valence-corrected chi connectivity index (χ4v) is 3.33. The van der Waals surface area contributed by atoms with E-state index in [1.54, 1.807) is 24.3 Å². The molecule has 126 valence electrons. The number of hydrogen-bond donors (Lipinski definition) is 2. The first kappa shape index (κ1) is 17.0. The third kappa shape index (κ3) is 3.63. The topological polar surface area (TPSA) is 98.6 Å². The molecule has 0 aliphatic heterocycles. The van der Waals surface area contributed by atoms with Gasteiger partial charge in [0.1, 0.15) is 15.9 Å². The summed E-state index contributed by atoms with van der Waals surface area (Å²) >= 11 is 5.82. The van der Waals surface area contributed by atoms with Gasteiger partial charge in [-0.3, -0.25) is 4.72 Å². The van der Waals surface area contributed by atoms with Crippen molar-refractivity contribution >= 4 is 27.3 Å². The van der Waals surface area contributed by atoms with E-state index >= 15 is 0 Å². The third-order valence-electron chi connectivity index (χ3n) is 3.30. The maximum atomic E-state index is 13.9. The first-order valence-electron chi connectivity index (χ1n) is 6.93. The molecule has 25 heavy (non-hydrogen) atoms. The van der Waals surface area contributed by atoms with Crippen LogP contribution < -0.4 is 4.72 Å². The first-order chi connectivity index (χ1) is 11.9. The SMILES string of the molecule is N#Cc1ccc(NS(=O)(=O)c2c[nH]c(-c3cccc(Cl)n3)c2)c(F)c1. The van der Waals surface area contributed by atoms with Gasteiger partial charge in [0.05, 0.1) is 28.7 Å². The molecule has 2 heterocycles. The summed E-state index contributed by atoms with van der Waals surface area (Å²) in [5.74, 6) is -0.838. The van der Waals surface area contributed by atoms with Crippen LogP contribution >= 0.6 is 11.6 Å². The Hall–Kier alpha value is -2.89. The van der Waals surface area contributed by atoms with Crippen LogP contribution in [0, 0.1) is 17.1 Å². The highest BCUT2D eigenvalue weighted by atomic mass is 35.5. The van der Waals surface area contributed by atoms with Crippen LogP contribution in [0.4, 0.5) is 10.1 Å². The Labute approximate surface area is 148 Å². The van der Waals surface area contributed by atoms with Gasteiger partial charge in [-0.05, 0) is 36.4 Å². The summed E-state index contributed by atoms with van der Waals surface area (Å²) in [5.41, 5.74) is 0.765. The smallest absolute Gasteiger partial charge is 0.263 e. The Morgan fingerprint density at radius 3 is 2.72 bits per heavy atom. The number of hydrogen-bond acceptors (Lipinski definition) is 4. The van der Waals surface area contributed by atoms with E-state index in [9.17, 15) is 12.8 Å². The van der Waals surface area contributed by atoms with E-state index in [-0.39, 0.29) is 21.3 Å². The van der Waals surface area contributed by atoms with Gasteiger partial charge in [0.15, 0.2) is 0 Å². The van der Waals surface area contributed by atoms with Crippen LogP contribution in [-0.2, 0) is 10.0 Å². The molecule has 0 amide bonds. The molecule has 0 aliphatic rings. The van der Waals surface area contributed by atoms with Gasteiger partial charge in [-0.1, -0.05) is 17.7 Å². The number of halogens is 2. The maximum absolute atomic E-state index is 13.9. The number of nitriles is 1. The minimum atomic E-state index is -4.02. The Morgan fingerprint density at radius 1 is 1.24 bits per heavy atom. The van der Waals surface area contributed by atoms with Crippen molar-refractivity contribution in [1.29, 1.82) is 5.26 Å². The minimum absolute atomic E-state index is 0.0898. The van der Waals surface area contributed by atoms with Gasteiger partial charge in [-0.25, -0.2) is 17.8 Å². The van der Waals surface area contributed by atoms with Crippen molar-refractivity contribution in [2.24, 2.45) is 0 Å². The quantitative estimate of drug-likeness (QED) is 0.680. The number of benzene rings is 1. The van der Waals surface area contributed by atoms with Crippen LogP contribution in [0.2, 0.25) is 5.15 Å². The van der Waals surface area contributed by atoms with E-state index in [2.05, 4.69) is 14.7 Å². The van der Waals surface area contributed by atoms with Crippen LogP contribution in [0.3, 0.4) is 0 Å². The second-order valence-electron chi connectivity index (χ2n) is 5.01. The number of pyridine rings is 1. The van der Waals surface area contributed by atoms with Gasteiger partial charge in [-0.2, -0.15) is 5.26 Å². The number of sulfonamides is 1. The molecule has 2 N–H and O–H groups in total. The average Bonchev–Trinajstić information content (AvgIpc) is 3.07. The number of H-pyrrole nitrogens is 1. The number of nitrogens with zero attached hydrogens (tertiary/aromatic N) is 2. The van der Waals surface area contributed by atoms with Crippen molar-refractivity contribution < 1.29 is 12.8 Å². The summed E-state index contributed by atoms with van der Waals surface area (Å²) in [6.07, 6.45) is 1.27. The van der Waals surface area contributed by atoms with Crippen LogP contribution in [0.5, 0.6) is 0 Å². The molecule has 3 rings (SSSR count). The Balaban J connectivity index is 1.90. The minimum Gasteiger partial charge on any atom is -0.359 e. The lowest BCUT2D eigenvalue weighted by atomic mass is 10.2. The van der Waals surface area contributed by atoms with Gasteiger partial charge >= 0.3 is 0 Å². The largest absolute Gasteiger partial charge is 0.359 e. The number of aromatic amines is 1. The van der Waals surface area contributed by atoms with E-state index in [0.29, 0.717) is 11.4 Å². The summed E-state index contributed by atoms with van der Waals surface area (Å²) in [7, 11) is -4.02. The van der Waals surface area contributed by atoms with Crippen molar-refractivity contribution in [2.75, 3.05) is 4.72 Å². The summed E-state index contributed by atoms with van der Waals surface area (Å²) in [6, 6.07) is 11.6. The molecule has 0 saturated carbocycles. The lowest BCUT2D eigenvalue weighted by Gasteiger charge is -2.07. The van der Waals surface area contributed by atoms with E-state index in [1.165, 1.54) is 24.4 Å². The van der Waals surface area contributed by atoms with Crippen molar-refractivity contribution in [3.8, 4) is 17.5 Å². The first-order valence-corrected chi connectivity index (χ1v) is 8.79. The van der Waals surface area contributed by atoms with E-state index < -0.39 is 15.8 Å². The molecule has 0 atom stereocenters. The summed E-state index contributed by atoms with van der Waals surface area (Å²) in [6.45, 7) is 0. The standard InChI is InChI=1S/C16H10ClFN4O2S/c17-16-3-1-2-14(21-16)15-7-11(9-20-15)25(23,24)22-13-5-4-10(8-19)6-12(13)18/h1-7,9,20,22H. The van der Waals surface area contributed by atoms with E-state index in [1.807, 2.05) is 0 Å². The Kier molecular flexibility index (Phi) is 4.44. The van der Waals surface area contributed by atoms with Crippen LogP contribution in [-0.4, -0.2) is 18.4 Å². The predicted octanol–water partition coefficient (Wildman–Crippen LogP) is 3.54. The molecule has 0 radical (unpaired) electrons. The number of aromatic nitrogens is 2. The molecule has 3 aromatic rings. The normalized spacial score (nSPS) is 11.1.